The Labute approximate surface area is 123 Å². The highest BCUT2D eigenvalue weighted by molar-refractivity contribution is 5.74. The van der Waals surface area contributed by atoms with E-state index in [2.05, 4.69) is 34.3 Å². The zero-order valence-electron chi connectivity index (χ0n) is 12.3. The zero-order valence-corrected chi connectivity index (χ0v) is 12.3. The first-order chi connectivity index (χ1) is 9.96. The molecule has 2 aromatic rings. The summed E-state index contributed by atoms with van der Waals surface area (Å²) in [6.45, 7) is 4.82. The number of carboxylic acid groups (broad SMARTS) is 1. The lowest BCUT2D eigenvalue weighted by Gasteiger charge is -2.23. The van der Waals surface area contributed by atoms with Gasteiger partial charge in [-0.2, -0.15) is 0 Å². The Morgan fingerprint density at radius 3 is 2.62 bits per heavy atom. The smallest absolute Gasteiger partial charge is 0.303 e. The number of hydrogen-bond donors (Lipinski definition) is 2. The maximum absolute atomic E-state index is 10.6. The third-order valence-corrected chi connectivity index (χ3v) is 3.46. The molecule has 0 aliphatic carbocycles. The number of nitrogens with zero attached hydrogens (tertiary/aromatic N) is 3. The van der Waals surface area contributed by atoms with Gasteiger partial charge in [0.1, 0.15) is 5.52 Å². The highest BCUT2D eigenvalue weighted by Gasteiger charge is 2.18. The van der Waals surface area contributed by atoms with Crippen molar-refractivity contribution in [3.63, 3.8) is 0 Å². The van der Waals surface area contributed by atoms with E-state index in [1.165, 1.54) is 0 Å². The number of carboxylic acids is 1. The first-order valence-electron chi connectivity index (χ1n) is 7.01. The molecule has 0 fully saturated rings. The van der Waals surface area contributed by atoms with Crippen LogP contribution in [0.3, 0.4) is 0 Å². The highest BCUT2D eigenvalue weighted by Crippen LogP contribution is 2.26. The van der Waals surface area contributed by atoms with Gasteiger partial charge in [-0.25, -0.2) is 4.98 Å². The Hall–Kier alpha value is -2.24. The van der Waals surface area contributed by atoms with Crippen LogP contribution in [0.15, 0.2) is 24.3 Å². The van der Waals surface area contributed by atoms with Gasteiger partial charge in [-0.05, 0) is 30.4 Å². The molecular formula is C15H20N4O2. The zero-order chi connectivity index (χ0) is 15.3. The third-order valence-electron chi connectivity index (χ3n) is 3.46. The van der Waals surface area contributed by atoms with Crippen molar-refractivity contribution in [1.29, 1.82) is 0 Å². The summed E-state index contributed by atoms with van der Waals surface area (Å²) in [6, 6.07) is 7.58. The van der Waals surface area contributed by atoms with Crippen molar-refractivity contribution in [3.8, 4) is 0 Å². The van der Waals surface area contributed by atoms with E-state index in [9.17, 15) is 4.79 Å². The van der Waals surface area contributed by atoms with Crippen LogP contribution in [0.1, 0.15) is 33.1 Å². The molecule has 0 radical (unpaired) electrons. The number of para-hydroxylation sites is 1. The predicted molar refractivity (Wildman–Crippen MR) is 81.1 cm³/mol. The largest absolute Gasteiger partial charge is 0.481 e. The summed E-state index contributed by atoms with van der Waals surface area (Å²) in [5, 5.41) is 20.0. The van der Waals surface area contributed by atoms with E-state index in [0.29, 0.717) is 18.9 Å². The van der Waals surface area contributed by atoms with Crippen LogP contribution in [0.5, 0.6) is 0 Å². The lowest BCUT2D eigenvalue weighted by Crippen LogP contribution is -2.19. The molecule has 1 aromatic carbocycles. The van der Waals surface area contributed by atoms with Gasteiger partial charge in [-0.15, -0.1) is 10.2 Å². The molecule has 21 heavy (non-hydrogen) atoms. The maximum atomic E-state index is 10.6. The molecule has 2 N–H and O–H groups in total. The molecule has 0 saturated heterocycles. The summed E-state index contributed by atoms with van der Waals surface area (Å²) >= 11 is 0. The molecule has 0 saturated carbocycles. The Bertz CT molecular complexity index is 628. The van der Waals surface area contributed by atoms with Crippen LogP contribution in [0.4, 0.5) is 5.95 Å². The van der Waals surface area contributed by atoms with Gasteiger partial charge in [0.25, 0.3) is 0 Å². The van der Waals surface area contributed by atoms with Crippen LogP contribution in [0.2, 0.25) is 0 Å². The van der Waals surface area contributed by atoms with E-state index in [-0.39, 0.29) is 11.8 Å². The van der Waals surface area contributed by atoms with E-state index in [1.807, 2.05) is 24.3 Å². The molecule has 2 rings (SSSR count). The minimum Gasteiger partial charge on any atom is -0.481 e. The van der Waals surface area contributed by atoms with Crippen molar-refractivity contribution >= 4 is 23.0 Å². The van der Waals surface area contributed by atoms with Crippen molar-refractivity contribution in [2.45, 2.75) is 33.1 Å². The summed E-state index contributed by atoms with van der Waals surface area (Å²) in [7, 11) is 0. The Kier molecular flexibility index (Phi) is 4.67. The molecule has 0 aliphatic heterocycles. The van der Waals surface area contributed by atoms with Crippen LogP contribution in [0, 0.1) is 5.41 Å². The van der Waals surface area contributed by atoms with Crippen molar-refractivity contribution in [2.24, 2.45) is 5.41 Å². The van der Waals surface area contributed by atoms with Gasteiger partial charge in [0.05, 0.1) is 5.52 Å². The second kappa shape index (κ2) is 6.47. The van der Waals surface area contributed by atoms with Gasteiger partial charge in [0.2, 0.25) is 5.95 Å². The van der Waals surface area contributed by atoms with Crippen molar-refractivity contribution in [2.75, 3.05) is 11.9 Å². The third kappa shape index (κ3) is 4.66. The Morgan fingerprint density at radius 2 is 1.90 bits per heavy atom. The summed E-state index contributed by atoms with van der Waals surface area (Å²) in [5.74, 6) is -0.249. The van der Waals surface area contributed by atoms with E-state index in [4.69, 9.17) is 5.11 Å². The number of benzene rings is 1. The Morgan fingerprint density at radius 1 is 1.19 bits per heavy atom. The number of fused-ring (bicyclic) bond motifs is 1. The monoisotopic (exact) mass is 288 g/mol. The van der Waals surface area contributed by atoms with Gasteiger partial charge >= 0.3 is 5.97 Å². The molecule has 6 heteroatoms. The number of aromatic nitrogens is 3. The second-order valence-electron chi connectivity index (χ2n) is 5.86. The van der Waals surface area contributed by atoms with E-state index in [1.54, 1.807) is 0 Å². The highest BCUT2D eigenvalue weighted by atomic mass is 16.4. The van der Waals surface area contributed by atoms with Crippen LogP contribution in [0.25, 0.3) is 11.0 Å². The van der Waals surface area contributed by atoms with Crippen molar-refractivity contribution in [3.05, 3.63) is 24.3 Å². The van der Waals surface area contributed by atoms with Crippen molar-refractivity contribution in [1.82, 2.24) is 15.2 Å². The molecule has 1 aromatic heterocycles. The van der Waals surface area contributed by atoms with Gasteiger partial charge in [0, 0.05) is 13.0 Å². The number of carbonyl (C=O) groups is 1. The van der Waals surface area contributed by atoms with Crippen LogP contribution >= 0.6 is 0 Å². The molecule has 0 aliphatic rings. The fourth-order valence-electron chi connectivity index (χ4n) is 2.04. The number of hydrogen-bond acceptors (Lipinski definition) is 5. The predicted octanol–water partition coefficient (Wildman–Crippen LogP) is 2.72. The normalized spacial score (nSPS) is 11.5. The molecule has 0 amide bonds. The van der Waals surface area contributed by atoms with Crippen LogP contribution < -0.4 is 5.32 Å². The number of anilines is 1. The average Bonchev–Trinajstić information content (AvgIpc) is 2.45. The van der Waals surface area contributed by atoms with E-state index in [0.717, 1.165) is 17.5 Å². The minimum atomic E-state index is -0.752. The molecule has 0 bridgehead atoms. The van der Waals surface area contributed by atoms with Gasteiger partial charge in [-0.1, -0.05) is 26.0 Å². The summed E-state index contributed by atoms with van der Waals surface area (Å²) in [5.41, 5.74) is 1.54. The average molecular weight is 288 g/mol. The van der Waals surface area contributed by atoms with Crippen LogP contribution in [-0.2, 0) is 4.79 Å². The molecule has 112 valence electrons. The lowest BCUT2D eigenvalue weighted by molar-refractivity contribution is -0.137. The molecule has 0 unspecified atom stereocenters. The fourth-order valence-corrected chi connectivity index (χ4v) is 2.04. The molecule has 0 atom stereocenters. The number of rotatable bonds is 7. The second-order valence-corrected chi connectivity index (χ2v) is 5.86. The van der Waals surface area contributed by atoms with Gasteiger partial charge in [-0.3, -0.25) is 4.79 Å². The van der Waals surface area contributed by atoms with Gasteiger partial charge in [0.15, 0.2) is 0 Å². The summed E-state index contributed by atoms with van der Waals surface area (Å²) in [6.07, 6.45) is 1.69. The number of aliphatic carboxylic acids is 1. The van der Waals surface area contributed by atoms with Crippen molar-refractivity contribution < 1.29 is 9.90 Å². The quantitative estimate of drug-likeness (QED) is 0.814. The van der Waals surface area contributed by atoms with E-state index >= 15 is 0 Å². The summed E-state index contributed by atoms with van der Waals surface area (Å²) < 4.78 is 0. The summed E-state index contributed by atoms with van der Waals surface area (Å²) in [4.78, 5) is 15.0. The Balaban J connectivity index is 1.88. The molecule has 6 nitrogen and oxygen atoms in total. The topological polar surface area (TPSA) is 88.0 Å². The molecule has 1 heterocycles. The SMILES string of the molecule is CC(C)(CCNc1nnc2ccccc2n1)CCC(=O)O. The fraction of sp³-hybridized carbons (Fsp3) is 0.467. The lowest BCUT2D eigenvalue weighted by atomic mass is 9.84. The minimum absolute atomic E-state index is 0.0321. The molecular weight excluding hydrogens is 268 g/mol. The number of nitrogens with one attached hydrogen (secondary N) is 1. The maximum Gasteiger partial charge on any atom is 0.303 e. The first kappa shape index (κ1) is 15.2. The van der Waals surface area contributed by atoms with E-state index < -0.39 is 5.97 Å². The first-order valence-corrected chi connectivity index (χ1v) is 7.01. The van der Waals surface area contributed by atoms with Gasteiger partial charge < -0.3 is 10.4 Å². The molecule has 0 spiro atoms. The standard InChI is InChI=1S/C15H20N4O2/c1-15(2,8-7-13(20)21)9-10-16-14-17-11-5-3-4-6-12(11)18-19-14/h3-6H,7-10H2,1-2H3,(H,20,21)(H,16,17,19). The van der Waals surface area contributed by atoms with Crippen LogP contribution in [-0.4, -0.2) is 32.8 Å².